The quantitative estimate of drug-likeness (QED) is 0.335. The summed E-state index contributed by atoms with van der Waals surface area (Å²) in [7, 11) is 1.56. The molecule has 3 atom stereocenters. The number of carbonyl (C=O) groups excluding carboxylic acids is 2. The number of aromatic nitrogens is 4. The highest BCUT2D eigenvalue weighted by Crippen LogP contribution is 2.58. The molecule has 2 amide bonds. The lowest BCUT2D eigenvalue weighted by atomic mass is 9.52. The number of nitrogens with zero attached hydrogens (tertiary/aromatic N) is 5. The molecule has 1 aromatic rings. The third kappa shape index (κ3) is 4.44. The number of hydrogen-bond donors (Lipinski definition) is 1. The SMILES string of the molecule is COCCn1c2nc(=O)n(CCN3C(=O)[C@@]4(C)CC(C)(C(=O)O)C[C@](C)(C4)C3=O)c(=O)c-2nc2cc(C)c(C)cc21. The van der Waals surface area contributed by atoms with Crippen molar-refractivity contribution in [1.82, 2.24) is 24.0 Å². The molecular formula is C29H35N5O7. The molecule has 3 heterocycles. The number of carbonyl (C=O) groups is 3. The zero-order chi connectivity index (χ0) is 30.1. The standard InChI is InChI=1S/C29H35N5O7/c1-16-11-18-19(12-17(16)2)32(9-10-41-6)21-20(30-18)22(35)33(26(40)31-21)7-8-34-23(36)27(3)13-28(4,24(34)37)15-29(5,14-27)25(38)39/h11-12H,7-10,13-15H2,1-6H3,(H,38,39)/t27-,28+,29?. The van der Waals surface area contributed by atoms with E-state index in [4.69, 9.17) is 4.74 Å². The van der Waals surface area contributed by atoms with Gasteiger partial charge in [-0.15, -0.1) is 0 Å². The summed E-state index contributed by atoms with van der Waals surface area (Å²) in [5.41, 5.74) is -1.53. The van der Waals surface area contributed by atoms with Crippen LogP contribution in [-0.2, 0) is 32.2 Å². The van der Waals surface area contributed by atoms with Crippen LogP contribution in [0.5, 0.6) is 0 Å². The molecule has 1 saturated heterocycles. The Labute approximate surface area is 236 Å². The highest BCUT2D eigenvalue weighted by Gasteiger charge is 2.63. The maximum Gasteiger partial charge on any atom is 0.352 e. The van der Waals surface area contributed by atoms with Crippen LogP contribution in [0.15, 0.2) is 21.7 Å². The van der Waals surface area contributed by atoms with Crippen LogP contribution in [0.25, 0.3) is 22.6 Å². The lowest BCUT2D eigenvalue weighted by Gasteiger charge is -2.55. The Bertz CT molecular complexity index is 1680. The van der Waals surface area contributed by atoms with E-state index in [1.165, 1.54) is 0 Å². The van der Waals surface area contributed by atoms with Crippen molar-refractivity contribution < 1.29 is 24.2 Å². The summed E-state index contributed by atoms with van der Waals surface area (Å²) >= 11 is 0. The normalized spacial score (nSPS) is 26.2. The van der Waals surface area contributed by atoms with Crippen LogP contribution in [0.4, 0.5) is 0 Å². The van der Waals surface area contributed by atoms with Crippen LogP contribution in [-0.4, -0.2) is 67.2 Å². The molecule has 0 aromatic heterocycles. The molecule has 12 nitrogen and oxygen atoms in total. The maximum absolute atomic E-state index is 13.7. The highest BCUT2D eigenvalue weighted by molar-refractivity contribution is 6.04. The summed E-state index contributed by atoms with van der Waals surface area (Å²) in [6, 6.07) is 3.81. The van der Waals surface area contributed by atoms with Gasteiger partial charge >= 0.3 is 11.7 Å². The minimum Gasteiger partial charge on any atom is -0.481 e. The van der Waals surface area contributed by atoms with E-state index in [-0.39, 0.29) is 43.9 Å². The van der Waals surface area contributed by atoms with Crippen LogP contribution in [0.1, 0.15) is 51.2 Å². The molecule has 1 unspecified atom stereocenters. The van der Waals surface area contributed by atoms with Crippen molar-refractivity contribution >= 4 is 28.8 Å². The average Bonchev–Trinajstić information content (AvgIpc) is 2.88. The number of aliphatic carboxylic acids is 1. The number of likely N-dealkylation sites (tertiary alicyclic amines) is 1. The fourth-order valence-electron chi connectivity index (χ4n) is 7.10. The number of ether oxygens (including phenoxy) is 1. The van der Waals surface area contributed by atoms with Gasteiger partial charge in [0.05, 0.1) is 23.1 Å². The van der Waals surface area contributed by atoms with Gasteiger partial charge in [0.25, 0.3) is 5.56 Å². The van der Waals surface area contributed by atoms with Gasteiger partial charge in [-0.05, 0) is 63.3 Å². The fraction of sp³-hybridized carbons (Fsp3) is 0.552. The van der Waals surface area contributed by atoms with Gasteiger partial charge in [0, 0.05) is 37.6 Å². The van der Waals surface area contributed by atoms with Crippen LogP contribution in [0.2, 0.25) is 0 Å². The summed E-state index contributed by atoms with van der Waals surface area (Å²) in [4.78, 5) is 75.9. The van der Waals surface area contributed by atoms with Gasteiger partial charge in [0.2, 0.25) is 11.8 Å². The van der Waals surface area contributed by atoms with Gasteiger partial charge in [-0.2, -0.15) is 4.98 Å². The molecule has 41 heavy (non-hydrogen) atoms. The number of benzene rings is 1. The number of methoxy groups -OCH3 is 1. The van der Waals surface area contributed by atoms with E-state index >= 15 is 0 Å². The Morgan fingerprint density at radius 3 is 2.10 bits per heavy atom. The number of piperidine rings is 1. The van der Waals surface area contributed by atoms with E-state index in [9.17, 15) is 29.1 Å². The fourth-order valence-corrected chi connectivity index (χ4v) is 7.10. The number of rotatable bonds is 7. The number of aryl methyl sites for hydroxylation is 2. The minimum absolute atomic E-state index is 0.000714. The zero-order valence-corrected chi connectivity index (χ0v) is 24.2. The number of carboxylic acid groups (broad SMARTS) is 1. The summed E-state index contributed by atoms with van der Waals surface area (Å²) in [6.07, 6.45) is 0.434. The first-order valence-electron chi connectivity index (χ1n) is 13.7. The lowest BCUT2D eigenvalue weighted by molar-refractivity contribution is -0.183. The van der Waals surface area contributed by atoms with Gasteiger partial charge in [-0.1, -0.05) is 13.8 Å². The first kappa shape index (κ1) is 28.6. The van der Waals surface area contributed by atoms with E-state index < -0.39 is 45.3 Å². The third-order valence-electron chi connectivity index (χ3n) is 8.91. The molecule has 1 saturated carbocycles. The smallest absolute Gasteiger partial charge is 0.352 e. The maximum atomic E-state index is 13.7. The average molecular weight is 566 g/mol. The predicted molar refractivity (Wildman–Crippen MR) is 149 cm³/mol. The van der Waals surface area contributed by atoms with Gasteiger partial charge < -0.3 is 14.4 Å². The highest BCUT2D eigenvalue weighted by atomic mass is 16.5. The second kappa shape index (κ2) is 9.57. The van der Waals surface area contributed by atoms with Crippen molar-refractivity contribution in [3.63, 3.8) is 0 Å². The van der Waals surface area contributed by atoms with Gasteiger partial charge in [-0.3, -0.25) is 28.6 Å². The molecule has 2 fully saturated rings. The van der Waals surface area contributed by atoms with E-state index in [1.54, 1.807) is 32.4 Å². The predicted octanol–water partition coefficient (Wildman–Crippen LogP) is 1.98. The molecule has 5 rings (SSSR count). The van der Waals surface area contributed by atoms with Gasteiger partial charge in [-0.25, -0.2) is 9.78 Å². The Morgan fingerprint density at radius 1 is 0.902 bits per heavy atom. The molecule has 218 valence electrons. The van der Waals surface area contributed by atoms with Crippen LogP contribution >= 0.6 is 0 Å². The molecule has 12 heteroatoms. The summed E-state index contributed by atoms with van der Waals surface area (Å²) in [5.74, 6) is -1.89. The molecule has 0 radical (unpaired) electrons. The summed E-state index contributed by atoms with van der Waals surface area (Å²) in [5, 5.41) is 9.85. The zero-order valence-electron chi connectivity index (χ0n) is 24.2. The monoisotopic (exact) mass is 565 g/mol. The van der Waals surface area contributed by atoms with Gasteiger partial charge in [0.15, 0.2) is 11.5 Å². The number of amides is 2. The molecule has 3 aliphatic heterocycles. The minimum atomic E-state index is -1.22. The largest absolute Gasteiger partial charge is 0.481 e. The second-order valence-corrected chi connectivity index (χ2v) is 12.5. The van der Waals surface area contributed by atoms with Crippen molar-refractivity contribution in [2.24, 2.45) is 16.2 Å². The van der Waals surface area contributed by atoms with Crippen molar-refractivity contribution in [1.29, 1.82) is 0 Å². The van der Waals surface area contributed by atoms with Crippen LogP contribution < -0.4 is 11.2 Å². The number of fused-ring (bicyclic) bond motifs is 4. The molecule has 1 aliphatic carbocycles. The Hall–Kier alpha value is -3.93. The first-order valence-corrected chi connectivity index (χ1v) is 13.7. The Morgan fingerprint density at radius 2 is 1.51 bits per heavy atom. The molecule has 1 N–H and O–H groups in total. The molecule has 4 aliphatic rings. The van der Waals surface area contributed by atoms with Crippen molar-refractivity contribution in [3.8, 4) is 11.5 Å². The molecule has 1 aromatic carbocycles. The van der Waals surface area contributed by atoms with E-state index in [0.29, 0.717) is 24.2 Å². The van der Waals surface area contributed by atoms with E-state index in [0.717, 1.165) is 20.6 Å². The second-order valence-electron chi connectivity index (χ2n) is 12.5. The van der Waals surface area contributed by atoms with E-state index in [2.05, 4.69) is 9.97 Å². The van der Waals surface area contributed by atoms with Crippen molar-refractivity contribution in [3.05, 3.63) is 44.1 Å². The van der Waals surface area contributed by atoms with Crippen LogP contribution in [0.3, 0.4) is 0 Å². The Balaban J connectivity index is 1.55. The summed E-state index contributed by atoms with van der Waals surface area (Å²) in [6.45, 7) is 9.04. The summed E-state index contributed by atoms with van der Waals surface area (Å²) < 4.78 is 7.90. The lowest BCUT2D eigenvalue weighted by Crippen LogP contribution is -2.64. The van der Waals surface area contributed by atoms with E-state index in [1.807, 2.05) is 26.0 Å². The number of imide groups is 1. The number of hydrogen-bond acceptors (Lipinski definition) is 8. The van der Waals surface area contributed by atoms with Gasteiger partial charge in [0.1, 0.15) is 0 Å². The molecular weight excluding hydrogens is 530 g/mol. The van der Waals surface area contributed by atoms with Crippen molar-refractivity contribution in [2.45, 2.75) is 67.0 Å². The Kier molecular flexibility index (Phi) is 6.68. The van der Waals surface area contributed by atoms with Crippen LogP contribution in [0, 0.1) is 30.1 Å². The third-order valence-corrected chi connectivity index (χ3v) is 8.91. The molecule has 2 bridgehead atoms. The molecule has 0 spiro atoms. The topological polar surface area (TPSA) is 154 Å². The first-order chi connectivity index (χ1) is 19.1. The number of carboxylic acids is 1. The van der Waals surface area contributed by atoms with Crippen molar-refractivity contribution in [2.75, 3.05) is 20.3 Å².